The summed E-state index contributed by atoms with van der Waals surface area (Å²) in [6, 6.07) is 8.65. The van der Waals surface area contributed by atoms with Crippen LogP contribution in [0, 0.1) is 11.6 Å². The van der Waals surface area contributed by atoms with E-state index in [2.05, 4.69) is 21.2 Å². The normalized spacial score (nSPS) is 10.5. The molecule has 5 heteroatoms. The lowest BCUT2D eigenvalue weighted by molar-refractivity contribution is 0.432. The highest BCUT2D eigenvalue weighted by Crippen LogP contribution is 2.29. The maximum absolute atomic E-state index is 13.5. The van der Waals surface area contributed by atoms with E-state index in [4.69, 9.17) is 4.74 Å². The molecule has 0 amide bonds. The summed E-state index contributed by atoms with van der Waals surface area (Å²) in [6.45, 7) is 0.581. The van der Waals surface area contributed by atoms with Gasteiger partial charge in [-0.05, 0) is 37.4 Å². The maximum atomic E-state index is 13.5. The molecule has 0 aliphatic carbocycles. The topological polar surface area (TPSA) is 21.3 Å². The van der Waals surface area contributed by atoms with E-state index in [0.717, 1.165) is 22.2 Å². The standard InChI is InChI=1S/C14H12BrF2NO/c1-18-8-9-6-10(15)2-4-13(9)19-14-5-3-11(16)7-12(14)17/h2-7,18H,8H2,1H3. The molecule has 2 rings (SSSR count). The molecule has 1 N–H and O–H groups in total. The molecule has 0 atom stereocenters. The SMILES string of the molecule is CNCc1cc(Br)ccc1Oc1ccc(F)cc1F. The first-order valence-corrected chi connectivity index (χ1v) is 6.45. The molecule has 19 heavy (non-hydrogen) atoms. The van der Waals surface area contributed by atoms with E-state index in [1.807, 2.05) is 13.1 Å². The van der Waals surface area contributed by atoms with Gasteiger partial charge in [-0.15, -0.1) is 0 Å². The Morgan fingerprint density at radius 2 is 1.84 bits per heavy atom. The third-order valence-electron chi connectivity index (χ3n) is 2.50. The Hall–Kier alpha value is -1.46. The summed E-state index contributed by atoms with van der Waals surface area (Å²) in [6.07, 6.45) is 0. The molecule has 0 heterocycles. The second-order valence-corrected chi connectivity index (χ2v) is 4.87. The number of hydrogen-bond acceptors (Lipinski definition) is 2. The average Bonchev–Trinajstić information content (AvgIpc) is 2.36. The molecule has 0 saturated carbocycles. The highest BCUT2D eigenvalue weighted by molar-refractivity contribution is 9.10. The Morgan fingerprint density at radius 3 is 2.53 bits per heavy atom. The number of halogens is 3. The van der Waals surface area contributed by atoms with Crippen LogP contribution >= 0.6 is 15.9 Å². The monoisotopic (exact) mass is 327 g/mol. The van der Waals surface area contributed by atoms with Crippen LogP contribution in [0.4, 0.5) is 8.78 Å². The van der Waals surface area contributed by atoms with E-state index in [1.54, 1.807) is 12.1 Å². The Balaban J connectivity index is 2.32. The van der Waals surface area contributed by atoms with E-state index in [9.17, 15) is 8.78 Å². The molecule has 0 saturated heterocycles. The molecule has 2 aromatic carbocycles. The first-order valence-electron chi connectivity index (χ1n) is 5.66. The minimum Gasteiger partial charge on any atom is -0.454 e. The van der Waals surface area contributed by atoms with Gasteiger partial charge in [0.2, 0.25) is 0 Å². The molecule has 0 aliphatic rings. The van der Waals surface area contributed by atoms with E-state index in [-0.39, 0.29) is 5.75 Å². The van der Waals surface area contributed by atoms with Gasteiger partial charge >= 0.3 is 0 Å². The molecule has 0 unspecified atom stereocenters. The van der Waals surface area contributed by atoms with E-state index in [1.165, 1.54) is 6.07 Å². The summed E-state index contributed by atoms with van der Waals surface area (Å²) in [5, 5.41) is 3.01. The second-order valence-electron chi connectivity index (χ2n) is 3.96. The van der Waals surface area contributed by atoms with Crippen molar-refractivity contribution >= 4 is 15.9 Å². The Bertz CT molecular complexity index is 590. The minimum atomic E-state index is -0.724. The van der Waals surface area contributed by atoms with E-state index in [0.29, 0.717) is 12.3 Å². The Labute approximate surface area is 118 Å². The van der Waals surface area contributed by atoms with Gasteiger partial charge in [-0.1, -0.05) is 15.9 Å². The van der Waals surface area contributed by atoms with Gasteiger partial charge in [0.15, 0.2) is 11.6 Å². The maximum Gasteiger partial charge on any atom is 0.168 e. The predicted octanol–water partition coefficient (Wildman–Crippen LogP) is 4.24. The Morgan fingerprint density at radius 1 is 1.11 bits per heavy atom. The summed E-state index contributed by atoms with van der Waals surface area (Å²) < 4.78 is 32.8. The molecular formula is C14H12BrF2NO. The summed E-state index contributed by atoms with van der Waals surface area (Å²) >= 11 is 3.37. The van der Waals surface area contributed by atoms with Crippen LogP contribution < -0.4 is 10.1 Å². The number of benzene rings is 2. The molecule has 0 bridgehead atoms. The minimum absolute atomic E-state index is 0.000996. The van der Waals surface area contributed by atoms with Gasteiger partial charge in [0, 0.05) is 22.6 Å². The molecule has 2 aromatic rings. The lowest BCUT2D eigenvalue weighted by Gasteiger charge is -2.12. The van der Waals surface area contributed by atoms with Gasteiger partial charge in [0.1, 0.15) is 11.6 Å². The molecule has 0 aliphatic heterocycles. The fourth-order valence-electron chi connectivity index (χ4n) is 1.65. The summed E-state index contributed by atoms with van der Waals surface area (Å²) in [5.74, 6) is -0.821. The van der Waals surface area contributed by atoms with Crippen molar-refractivity contribution in [2.24, 2.45) is 0 Å². The van der Waals surface area contributed by atoms with Gasteiger partial charge < -0.3 is 10.1 Å². The molecule has 0 radical (unpaired) electrons. The van der Waals surface area contributed by atoms with Gasteiger partial charge in [-0.2, -0.15) is 0 Å². The molecule has 0 spiro atoms. The van der Waals surface area contributed by atoms with Crippen LogP contribution in [0.5, 0.6) is 11.5 Å². The first kappa shape index (κ1) is 14.0. The summed E-state index contributed by atoms with van der Waals surface area (Å²) in [5.41, 5.74) is 0.876. The van der Waals surface area contributed by atoms with Crippen molar-refractivity contribution < 1.29 is 13.5 Å². The second kappa shape index (κ2) is 6.12. The van der Waals surface area contributed by atoms with Crippen LogP contribution in [-0.2, 0) is 6.54 Å². The molecule has 2 nitrogen and oxygen atoms in total. The Kier molecular flexibility index (Phi) is 4.50. The summed E-state index contributed by atoms with van der Waals surface area (Å²) in [7, 11) is 1.81. The largest absolute Gasteiger partial charge is 0.454 e. The van der Waals surface area contributed by atoms with E-state index < -0.39 is 11.6 Å². The molecule has 0 aromatic heterocycles. The van der Waals surface area contributed by atoms with Crippen LogP contribution in [-0.4, -0.2) is 7.05 Å². The molecular weight excluding hydrogens is 316 g/mol. The highest BCUT2D eigenvalue weighted by atomic mass is 79.9. The third-order valence-corrected chi connectivity index (χ3v) is 3.00. The quantitative estimate of drug-likeness (QED) is 0.906. The third kappa shape index (κ3) is 3.52. The van der Waals surface area contributed by atoms with E-state index >= 15 is 0 Å². The zero-order valence-electron chi connectivity index (χ0n) is 10.2. The number of nitrogens with one attached hydrogen (secondary N) is 1. The zero-order valence-corrected chi connectivity index (χ0v) is 11.8. The average molecular weight is 328 g/mol. The van der Waals surface area contributed by atoms with Crippen molar-refractivity contribution in [3.05, 3.63) is 58.1 Å². The van der Waals surface area contributed by atoms with Crippen molar-refractivity contribution in [3.63, 3.8) is 0 Å². The van der Waals surface area contributed by atoms with Crippen LogP contribution in [0.1, 0.15) is 5.56 Å². The van der Waals surface area contributed by atoms with Crippen LogP contribution in [0.25, 0.3) is 0 Å². The van der Waals surface area contributed by atoms with Gasteiger partial charge in [0.05, 0.1) is 0 Å². The summed E-state index contributed by atoms with van der Waals surface area (Å²) in [4.78, 5) is 0. The fraction of sp³-hybridized carbons (Fsp3) is 0.143. The van der Waals surface area contributed by atoms with Gasteiger partial charge in [-0.3, -0.25) is 0 Å². The van der Waals surface area contributed by atoms with Crippen molar-refractivity contribution in [1.29, 1.82) is 0 Å². The number of hydrogen-bond donors (Lipinski definition) is 1. The number of rotatable bonds is 4. The molecule has 0 fully saturated rings. The smallest absolute Gasteiger partial charge is 0.168 e. The van der Waals surface area contributed by atoms with Gasteiger partial charge in [-0.25, -0.2) is 8.78 Å². The van der Waals surface area contributed by atoms with Crippen LogP contribution in [0.3, 0.4) is 0 Å². The van der Waals surface area contributed by atoms with Crippen molar-refractivity contribution in [3.8, 4) is 11.5 Å². The van der Waals surface area contributed by atoms with Crippen molar-refractivity contribution in [1.82, 2.24) is 5.32 Å². The fourth-order valence-corrected chi connectivity index (χ4v) is 2.06. The van der Waals surface area contributed by atoms with Crippen LogP contribution in [0.2, 0.25) is 0 Å². The zero-order chi connectivity index (χ0) is 13.8. The lowest BCUT2D eigenvalue weighted by Crippen LogP contribution is -2.06. The van der Waals surface area contributed by atoms with Crippen molar-refractivity contribution in [2.75, 3.05) is 7.05 Å². The molecule has 100 valence electrons. The first-order chi connectivity index (χ1) is 9.10. The lowest BCUT2D eigenvalue weighted by atomic mass is 10.2. The van der Waals surface area contributed by atoms with Crippen molar-refractivity contribution in [2.45, 2.75) is 6.54 Å². The highest BCUT2D eigenvalue weighted by Gasteiger charge is 2.09. The van der Waals surface area contributed by atoms with Gasteiger partial charge in [0.25, 0.3) is 0 Å². The van der Waals surface area contributed by atoms with Crippen LogP contribution in [0.15, 0.2) is 40.9 Å². The predicted molar refractivity (Wildman–Crippen MR) is 73.3 cm³/mol. The number of ether oxygens (including phenoxy) is 1.